The molecule has 49 heavy (non-hydrogen) atoms. The van der Waals surface area contributed by atoms with Crippen LogP contribution in [0.2, 0.25) is 18.1 Å². The second-order valence-corrected chi connectivity index (χ2v) is 21.0. The highest BCUT2D eigenvalue weighted by molar-refractivity contribution is 6.74. The Morgan fingerprint density at radius 2 is 1.76 bits per heavy atom. The first-order valence-electron chi connectivity index (χ1n) is 18.2. The van der Waals surface area contributed by atoms with Crippen molar-refractivity contribution in [2.45, 2.75) is 138 Å². The Kier molecular flexibility index (Phi) is 15.8. The number of ether oxygens (including phenoxy) is 4. The molecule has 1 aromatic rings. The standard InChI is InChI=1S/C40H68O8Si/c1-16-45-39(43)46-23-28(6)27(5)21-26(4)20-25(3)19-24(2)17-18-34-30(8)36(48-49(14,15)40(10,11)12)31(9)37(47-34)32-22-33(41)29(7)38(44-13)35(32)42/h19,22,24,26-27,30-31,34,36-37,41-42H,6,16-18,20-21,23H2,1-5,7-15H3/b25-19+/t24-,26+,27-,30-,31+,34-,36-,37+/m0/s1. The zero-order chi connectivity index (χ0) is 37.4. The van der Waals surface area contributed by atoms with E-state index in [9.17, 15) is 15.0 Å². The lowest BCUT2D eigenvalue weighted by Crippen LogP contribution is -2.53. The minimum absolute atomic E-state index is 0.0134. The van der Waals surface area contributed by atoms with Crippen molar-refractivity contribution in [3.05, 3.63) is 41.0 Å². The van der Waals surface area contributed by atoms with E-state index >= 15 is 0 Å². The lowest BCUT2D eigenvalue weighted by molar-refractivity contribution is -0.164. The second-order valence-electron chi connectivity index (χ2n) is 16.3. The minimum atomic E-state index is -2.14. The minimum Gasteiger partial charge on any atom is -0.508 e. The van der Waals surface area contributed by atoms with E-state index in [0.29, 0.717) is 29.6 Å². The average molecular weight is 705 g/mol. The molecule has 2 N–H and O–H groups in total. The van der Waals surface area contributed by atoms with Gasteiger partial charge >= 0.3 is 6.16 Å². The van der Waals surface area contributed by atoms with Crippen molar-refractivity contribution < 1.29 is 38.4 Å². The quantitative estimate of drug-likeness (QED) is 0.0758. The molecule has 0 spiro atoms. The van der Waals surface area contributed by atoms with Gasteiger partial charge in [-0.15, -0.1) is 0 Å². The van der Waals surface area contributed by atoms with Crippen LogP contribution in [0.3, 0.4) is 0 Å². The Labute approximate surface area is 298 Å². The number of phenols is 2. The number of phenolic OH excluding ortho intramolecular Hbond substituents is 2. The summed E-state index contributed by atoms with van der Waals surface area (Å²) < 4.78 is 29.5. The van der Waals surface area contributed by atoms with Gasteiger partial charge in [0.1, 0.15) is 12.4 Å². The van der Waals surface area contributed by atoms with Gasteiger partial charge in [0.2, 0.25) is 0 Å². The summed E-state index contributed by atoms with van der Waals surface area (Å²) in [7, 11) is -0.634. The Morgan fingerprint density at radius 3 is 2.33 bits per heavy atom. The number of allylic oxidation sites excluding steroid dienone is 2. The first-order valence-corrected chi connectivity index (χ1v) is 21.1. The van der Waals surface area contributed by atoms with Crippen LogP contribution in [0.15, 0.2) is 29.9 Å². The third kappa shape index (κ3) is 11.5. The van der Waals surface area contributed by atoms with Gasteiger partial charge in [-0.25, -0.2) is 4.79 Å². The molecule has 280 valence electrons. The van der Waals surface area contributed by atoms with Crippen molar-refractivity contribution in [2.75, 3.05) is 20.3 Å². The Bertz CT molecular complexity index is 1280. The van der Waals surface area contributed by atoms with Crippen molar-refractivity contribution >= 4 is 14.5 Å². The Morgan fingerprint density at radius 1 is 1.12 bits per heavy atom. The number of benzene rings is 1. The van der Waals surface area contributed by atoms with Crippen molar-refractivity contribution in [1.82, 2.24) is 0 Å². The van der Waals surface area contributed by atoms with Crippen LogP contribution in [-0.4, -0.2) is 57.2 Å². The molecule has 1 aliphatic heterocycles. The highest BCUT2D eigenvalue weighted by atomic mass is 28.4. The van der Waals surface area contributed by atoms with Gasteiger partial charge in [0.05, 0.1) is 32.0 Å². The van der Waals surface area contributed by atoms with Gasteiger partial charge < -0.3 is 33.6 Å². The number of carbonyl (C=O) groups excluding carboxylic acids is 1. The molecular formula is C40H68O8Si. The maximum Gasteiger partial charge on any atom is 0.508 e. The predicted octanol–water partition coefficient (Wildman–Crippen LogP) is 10.7. The molecule has 0 saturated carbocycles. The van der Waals surface area contributed by atoms with E-state index < -0.39 is 20.6 Å². The summed E-state index contributed by atoms with van der Waals surface area (Å²) >= 11 is 0. The summed E-state index contributed by atoms with van der Waals surface area (Å²) in [5.41, 5.74) is 3.29. The molecule has 1 saturated heterocycles. The molecular weight excluding hydrogens is 637 g/mol. The molecule has 8 nitrogen and oxygen atoms in total. The molecule has 1 fully saturated rings. The topological polar surface area (TPSA) is 104 Å². The Balaban J connectivity index is 2.20. The summed E-state index contributed by atoms with van der Waals surface area (Å²) in [6.07, 6.45) is 4.82. The molecule has 1 aliphatic rings. The maximum atomic E-state index is 11.5. The molecule has 0 amide bonds. The molecule has 1 heterocycles. The molecule has 0 unspecified atom stereocenters. The molecule has 0 radical (unpaired) electrons. The van der Waals surface area contributed by atoms with E-state index in [4.69, 9.17) is 23.4 Å². The largest absolute Gasteiger partial charge is 0.508 e. The van der Waals surface area contributed by atoms with Crippen LogP contribution in [0.4, 0.5) is 4.79 Å². The first kappa shape index (κ1) is 42.7. The van der Waals surface area contributed by atoms with Crippen LogP contribution >= 0.6 is 0 Å². The van der Waals surface area contributed by atoms with E-state index in [1.807, 2.05) is 0 Å². The van der Waals surface area contributed by atoms with Crippen LogP contribution in [0.25, 0.3) is 0 Å². The van der Waals surface area contributed by atoms with E-state index in [1.54, 1.807) is 19.9 Å². The Hall–Kier alpha value is -2.49. The molecule has 9 heteroatoms. The summed E-state index contributed by atoms with van der Waals surface area (Å²) in [4.78, 5) is 11.5. The fourth-order valence-electron chi connectivity index (χ4n) is 6.85. The summed E-state index contributed by atoms with van der Waals surface area (Å²) in [5, 5.41) is 22.1. The number of hydrogen-bond acceptors (Lipinski definition) is 8. The summed E-state index contributed by atoms with van der Waals surface area (Å²) in [6.45, 7) is 32.7. The number of carbonyl (C=O) groups is 1. The number of rotatable bonds is 16. The highest BCUT2D eigenvalue weighted by Crippen LogP contribution is 2.51. The summed E-state index contributed by atoms with van der Waals surface area (Å²) in [6, 6.07) is 1.63. The smallest absolute Gasteiger partial charge is 0.508 e. The van der Waals surface area contributed by atoms with Crippen LogP contribution in [0.5, 0.6) is 17.2 Å². The fraction of sp³-hybridized carbons (Fsp3) is 0.725. The maximum absolute atomic E-state index is 11.5. The third-order valence-electron chi connectivity index (χ3n) is 10.9. The van der Waals surface area contributed by atoms with Crippen molar-refractivity contribution in [1.29, 1.82) is 0 Å². The summed E-state index contributed by atoms with van der Waals surface area (Å²) in [5.74, 6) is 1.47. The van der Waals surface area contributed by atoms with Crippen LogP contribution in [-0.2, 0) is 18.6 Å². The van der Waals surface area contributed by atoms with Crippen molar-refractivity contribution in [2.24, 2.45) is 29.6 Å². The van der Waals surface area contributed by atoms with Gasteiger partial charge in [-0.3, -0.25) is 0 Å². The lowest BCUT2D eigenvalue weighted by Gasteiger charge is -2.50. The number of methoxy groups -OCH3 is 1. The zero-order valence-corrected chi connectivity index (χ0v) is 34.1. The van der Waals surface area contributed by atoms with Gasteiger partial charge in [0.15, 0.2) is 19.8 Å². The van der Waals surface area contributed by atoms with Crippen LogP contribution in [0.1, 0.15) is 112 Å². The zero-order valence-electron chi connectivity index (χ0n) is 33.1. The number of hydrogen-bond donors (Lipinski definition) is 2. The second kappa shape index (κ2) is 18.1. The van der Waals surface area contributed by atoms with E-state index in [0.717, 1.165) is 31.3 Å². The van der Waals surface area contributed by atoms with Gasteiger partial charge in [0.25, 0.3) is 0 Å². The molecule has 0 aromatic heterocycles. The normalized spacial score (nSPS) is 23.8. The van der Waals surface area contributed by atoms with Gasteiger partial charge in [-0.2, -0.15) is 0 Å². The fourth-order valence-corrected chi connectivity index (χ4v) is 8.32. The van der Waals surface area contributed by atoms with Crippen molar-refractivity contribution in [3.63, 3.8) is 0 Å². The molecule has 0 bridgehead atoms. The van der Waals surface area contributed by atoms with Crippen LogP contribution in [0, 0.1) is 36.5 Å². The van der Waals surface area contributed by atoms with Gasteiger partial charge in [-0.05, 0) is 94.0 Å². The predicted molar refractivity (Wildman–Crippen MR) is 201 cm³/mol. The van der Waals surface area contributed by atoms with Gasteiger partial charge in [-0.1, -0.05) is 73.6 Å². The first-order chi connectivity index (χ1) is 22.6. The molecule has 0 aliphatic carbocycles. The van der Waals surface area contributed by atoms with E-state index in [1.165, 1.54) is 12.7 Å². The molecule has 2 rings (SSSR count). The third-order valence-corrected chi connectivity index (χ3v) is 15.4. The SMILES string of the molecule is C=C(COC(=O)OCC)[C@@H](C)C[C@H](C)C/C(C)=C/[C@@H](C)CC[C@@H]1O[C@@H](c2cc(O)c(C)c(OC)c2O)[C@H](C)[C@@H](O[Si](C)(C)C(C)(C)C)[C@H]1C. The lowest BCUT2D eigenvalue weighted by atomic mass is 9.78. The van der Waals surface area contributed by atoms with Crippen LogP contribution < -0.4 is 4.74 Å². The monoisotopic (exact) mass is 704 g/mol. The molecule has 1 aromatic carbocycles. The molecule has 8 atom stereocenters. The van der Waals surface area contributed by atoms with Gasteiger partial charge in [0, 0.05) is 23.0 Å². The average Bonchev–Trinajstić information content (AvgIpc) is 2.99. The number of aromatic hydroxyl groups is 2. The van der Waals surface area contributed by atoms with E-state index in [2.05, 4.69) is 88.1 Å². The van der Waals surface area contributed by atoms with E-state index in [-0.39, 0.29) is 58.9 Å². The van der Waals surface area contributed by atoms with Crippen molar-refractivity contribution in [3.8, 4) is 17.2 Å². The highest BCUT2D eigenvalue weighted by Gasteiger charge is 2.48.